The summed E-state index contributed by atoms with van der Waals surface area (Å²) in [5.74, 6) is 0. The van der Waals surface area contributed by atoms with E-state index in [0.29, 0.717) is 11.3 Å². The first-order valence-corrected chi connectivity index (χ1v) is 11.2. The molecule has 1 heterocycles. The number of amides is 1. The van der Waals surface area contributed by atoms with Crippen molar-refractivity contribution < 1.29 is 22.9 Å². The molecule has 0 fully saturated rings. The lowest BCUT2D eigenvalue weighted by atomic mass is 10.1. The molecule has 0 spiro atoms. The molecule has 1 aliphatic rings. The van der Waals surface area contributed by atoms with Crippen LogP contribution in [0.4, 0.5) is 16.2 Å². The van der Waals surface area contributed by atoms with Gasteiger partial charge in [-0.3, -0.25) is 19.3 Å². The first-order valence-electron chi connectivity index (χ1n) is 9.75. The van der Waals surface area contributed by atoms with Crippen molar-refractivity contribution in [2.24, 2.45) is 0 Å². The van der Waals surface area contributed by atoms with Gasteiger partial charge in [-0.1, -0.05) is 18.2 Å². The smallest absolute Gasteiger partial charge is 0.410 e. The van der Waals surface area contributed by atoms with Gasteiger partial charge in [0.2, 0.25) is 0 Å². The first-order chi connectivity index (χ1) is 14.4. The van der Waals surface area contributed by atoms with Gasteiger partial charge in [-0.2, -0.15) is 0 Å². The minimum atomic E-state index is -4.03. The van der Waals surface area contributed by atoms with Crippen molar-refractivity contribution in [1.82, 2.24) is 4.90 Å². The summed E-state index contributed by atoms with van der Waals surface area (Å²) in [6.45, 7) is 7.27. The van der Waals surface area contributed by atoms with E-state index in [1.807, 2.05) is 0 Å². The van der Waals surface area contributed by atoms with E-state index in [0.717, 1.165) is 12.1 Å². The number of benzene rings is 2. The molecule has 1 aliphatic heterocycles. The lowest BCUT2D eigenvalue weighted by molar-refractivity contribution is -0.384. The predicted octanol–water partition coefficient (Wildman–Crippen LogP) is 3.93. The van der Waals surface area contributed by atoms with Crippen LogP contribution in [-0.4, -0.2) is 42.5 Å². The number of hydrogen-bond donors (Lipinski definition) is 0. The fourth-order valence-corrected chi connectivity index (χ4v) is 4.91. The molecule has 10 heteroatoms. The Balaban J connectivity index is 2.02. The number of carbonyl (C=O) groups is 1. The van der Waals surface area contributed by atoms with Crippen LogP contribution in [0.15, 0.2) is 53.4 Å². The first kappa shape index (κ1) is 22.5. The Hall–Kier alpha value is -3.14. The minimum Gasteiger partial charge on any atom is -0.444 e. The Morgan fingerprint density at radius 3 is 2.32 bits per heavy atom. The second-order valence-corrected chi connectivity index (χ2v) is 10.2. The van der Waals surface area contributed by atoms with Crippen LogP contribution in [0.1, 0.15) is 33.3 Å². The molecule has 31 heavy (non-hydrogen) atoms. The highest BCUT2D eigenvalue weighted by atomic mass is 32.2. The summed E-state index contributed by atoms with van der Waals surface area (Å²) < 4.78 is 33.7. The SMILES string of the molecule is C[C@@H]1CN(S(=O)(=O)c2ccc([N+](=O)[O-])cc2)c2ccccc2CN1C(=O)OC(C)(C)C. The predicted molar refractivity (Wildman–Crippen MR) is 115 cm³/mol. The molecule has 1 amide bonds. The summed E-state index contributed by atoms with van der Waals surface area (Å²) in [6, 6.07) is 11.2. The van der Waals surface area contributed by atoms with Gasteiger partial charge in [-0.15, -0.1) is 0 Å². The summed E-state index contributed by atoms with van der Waals surface area (Å²) in [6.07, 6.45) is -0.524. The topological polar surface area (TPSA) is 110 Å². The number of rotatable bonds is 3. The Morgan fingerprint density at radius 2 is 1.74 bits per heavy atom. The fraction of sp³-hybridized carbons (Fsp3) is 0.381. The number of sulfonamides is 1. The zero-order valence-corrected chi connectivity index (χ0v) is 18.6. The molecular formula is C21H25N3O6S. The summed E-state index contributed by atoms with van der Waals surface area (Å²) in [7, 11) is -4.03. The Morgan fingerprint density at radius 1 is 1.13 bits per heavy atom. The number of carbonyl (C=O) groups excluding carboxylic acids is 1. The molecule has 166 valence electrons. The molecule has 2 aromatic carbocycles. The van der Waals surface area contributed by atoms with Crippen LogP contribution in [0.3, 0.4) is 0 Å². The third-order valence-corrected chi connectivity index (χ3v) is 6.62. The molecule has 0 bridgehead atoms. The highest BCUT2D eigenvalue weighted by Crippen LogP contribution is 2.33. The third kappa shape index (κ3) is 4.79. The van der Waals surface area contributed by atoms with E-state index in [1.165, 1.54) is 21.3 Å². The van der Waals surface area contributed by atoms with E-state index < -0.39 is 32.7 Å². The van der Waals surface area contributed by atoms with Crippen molar-refractivity contribution in [2.75, 3.05) is 10.8 Å². The van der Waals surface area contributed by atoms with Gasteiger partial charge in [-0.25, -0.2) is 13.2 Å². The summed E-state index contributed by atoms with van der Waals surface area (Å²) in [5, 5.41) is 10.9. The van der Waals surface area contributed by atoms with Gasteiger partial charge < -0.3 is 4.74 Å². The van der Waals surface area contributed by atoms with Crippen LogP contribution < -0.4 is 4.31 Å². The van der Waals surface area contributed by atoms with Gasteiger partial charge in [0.15, 0.2) is 0 Å². The van der Waals surface area contributed by atoms with Crippen molar-refractivity contribution in [3.05, 3.63) is 64.2 Å². The second kappa shape index (κ2) is 8.18. The van der Waals surface area contributed by atoms with Crippen molar-refractivity contribution in [3.8, 4) is 0 Å². The number of non-ortho nitro benzene ring substituents is 1. The van der Waals surface area contributed by atoms with E-state index in [4.69, 9.17) is 4.74 Å². The molecule has 0 saturated heterocycles. The zero-order chi connectivity index (χ0) is 23.0. The number of fused-ring (bicyclic) bond motifs is 1. The maximum atomic E-state index is 13.5. The number of anilines is 1. The van der Waals surface area contributed by atoms with Crippen molar-refractivity contribution in [2.45, 2.75) is 50.8 Å². The monoisotopic (exact) mass is 447 g/mol. The molecular weight excluding hydrogens is 422 g/mol. The normalized spacial score (nSPS) is 17.0. The summed E-state index contributed by atoms with van der Waals surface area (Å²) >= 11 is 0. The van der Waals surface area contributed by atoms with Crippen LogP contribution in [-0.2, 0) is 21.3 Å². The molecule has 9 nitrogen and oxygen atoms in total. The van der Waals surface area contributed by atoms with Crippen LogP contribution in [0.5, 0.6) is 0 Å². The molecule has 0 radical (unpaired) electrons. The molecule has 0 aliphatic carbocycles. The fourth-order valence-electron chi connectivity index (χ4n) is 3.32. The highest BCUT2D eigenvalue weighted by molar-refractivity contribution is 7.92. The van der Waals surface area contributed by atoms with Crippen molar-refractivity contribution in [1.29, 1.82) is 0 Å². The molecule has 0 saturated carbocycles. The maximum absolute atomic E-state index is 13.5. The molecule has 2 aromatic rings. The largest absolute Gasteiger partial charge is 0.444 e. The standard InChI is InChI=1S/C21H25N3O6S/c1-15-13-23(31(28,29)18-11-9-17(10-12-18)24(26)27)19-8-6-5-7-16(19)14-22(15)20(25)30-21(2,3)4/h5-12,15H,13-14H2,1-4H3/t15-/m1/s1. The maximum Gasteiger partial charge on any atom is 0.410 e. The molecule has 0 N–H and O–H groups in total. The van der Waals surface area contributed by atoms with Crippen LogP contribution >= 0.6 is 0 Å². The molecule has 0 aromatic heterocycles. The number of nitrogens with zero attached hydrogens (tertiary/aromatic N) is 3. The van der Waals surface area contributed by atoms with Crippen LogP contribution in [0, 0.1) is 10.1 Å². The second-order valence-electron chi connectivity index (χ2n) is 8.37. The molecule has 0 unspecified atom stereocenters. The zero-order valence-electron chi connectivity index (χ0n) is 17.8. The number of nitro groups is 1. The lowest BCUT2D eigenvalue weighted by Crippen LogP contribution is -2.46. The third-order valence-electron chi connectivity index (χ3n) is 4.83. The average Bonchev–Trinajstić information content (AvgIpc) is 2.84. The quantitative estimate of drug-likeness (QED) is 0.521. The highest BCUT2D eigenvalue weighted by Gasteiger charge is 2.36. The van der Waals surface area contributed by atoms with Crippen LogP contribution in [0.2, 0.25) is 0 Å². The van der Waals surface area contributed by atoms with E-state index in [9.17, 15) is 23.3 Å². The van der Waals surface area contributed by atoms with Gasteiger partial charge in [-0.05, 0) is 51.5 Å². The molecule has 1 atom stereocenters. The minimum absolute atomic E-state index is 0.00950. The Labute approximate surface area is 181 Å². The van der Waals surface area contributed by atoms with E-state index in [-0.39, 0.29) is 23.7 Å². The molecule has 3 rings (SSSR count). The number of para-hydroxylation sites is 1. The summed E-state index contributed by atoms with van der Waals surface area (Å²) in [5.41, 5.74) is 0.231. The van der Waals surface area contributed by atoms with Gasteiger partial charge in [0.05, 0.1) is 34.6 Å². The van der Waals surface area contributed by atoms with Crippen LogP contribution in [0.25, 0.3) is 0 Å². The number of hydrogen-bond acceptors (Lipinski definition) is 6. The Kier molecular flexibility index (Phi) is 5.95. The van der Waals surface area contributed by atoms with Crippen molar-refractivity contribution >= 4 is 27.5 Å². The van der Waals surface area contributed by atoms with Gasteiger partial charge in [0.1, 0.15) is 5.60 Å². The van der Waals surface area contributed by atoms with Gasteiger partial charge in [0.25, 0.3) is 15.7 Å². The van der Waals surface area contributed by atoms with Gasteiger partial charge in [0, 0.05) is 12.1 Å². The van der Waals surface area contributed by atoms with Gasteiger partial charge >= 0.3 is 6.09 Å². The number of ether oxygens (including phenoxy) is 1. The Bertz CT molecular complexity index is 1090. The average molecular weight is 448 g/mol. The number of nitro benzene ring substituents is 1. The van der Waals surface area contributed by atoms with E-state index >= 15 is 0 Å². The lowest BCUT2D eigenvalue weighted by Gasteiger charge is -2.31. The van der Waals surface area contributed by atoms with E-state index in [2.05, 4.69) is 0 Å². The summed E-state index contributed by atoms with van der Waals surface area (Å²) in [4.78, 5) is 24.6. The van der Waals surface area contributed by atoms with Crippen molar-refractivity contribution in [3.63, 3.8) is 0 Å². The van der Waals surface area contributed by atoms with E-state index in [1.54, 1.807) is 52.0 Å².